The lowest BCUT2D eigenvalue weighted by Crippen LogP contribution is -2.51. The third kappa shape index (κ3) is 6.20. The van der Waals surface area contributed by atoms with E-state index in [1.54, 1.807) is 11.9 Å². The molecule has 3 aromatic rings. The summed E-state index contributed by atoms with van der Waals surface area (Å²) in [6.07, 6.45) is 0.419. The molecule has 0 spiro atoms. The van der Waals surface area contributed by atoms with E-state index in [0.717, 1.165) is 22.3 Å². The predicted octanol–water partition coefficient (Wildman–Crippen LogP) is 4.07. The molecular weight excluding hydrogens is 400 g/mol. The average molecular weight is 431 g/mol. The molecule has 0 fully saturated rings. The van der Waals surface area contributed by atoms with Gasteiger partial charge in [0.2, 0.25) is 5.91 Å². The minimum absolute atomic E-state index is 0.140. The normalized spacial score (nSPS) is 11.5. The number of aryl methyl sites for hydroxylation is 2. The monoisotopic (exact) mass is 430 g/mol. The Morgan fingerprint density at radius 2 is 1.53 bits per heavy atom. The third-order valence-electron chi connectivity index (χ3n) is 5.39. The molecule has 2 amide bonds. The van der Waals surface area contributed by atoms with Crippen molar-refractivity contribution in [3.05, 3.63) is 101 Å². The summed E-state index contributed by atoms with van der Waals surface area (Å²) in [7, 11) is 1.59. The zero-order valence-corrected chi connectivity index (χ0v) is 18.9. The fourth-order valence-corrected chi connectivity index (χ4v) is 3.68. The number of benzene rings is 3. The van der Waals surface area contributed by atoms with E-state index in [1.807, 2.05) is 92.7 Å². The highest BCUT2D eigenvalue weighted by Crippen LogP contribution is 2.20. The zero-order chi connectivity index (χ0) is 22.9. The molecule has 0 bridgehead atoms. The first-order chi connectivity index (χ1) is 15.5. The first kappa shape index (κ1) is 23.1. The van der Waals surface area contributed by atoms with Crippen LogP contribution >= 0.6 is 0 Å². The minimum atomic E-state index is -0.655. The van der Waals surface area contributed by atoms with Gasteiger partial charge in [-0.15, -0.1) is 0 Å². The van der Waals surface area contributed by atoms with Crippen LogP contribution in [0.1, 0.15) is 22.3 Å². The van der Waals surface area contributed by atoms with Gasteiger partial charge in [0.15, 0.2) is 6.61 Å². The molecule has 0 aliphatic heterocycles. The number of likely N-dealkylation sites (N-methyl/N-ethyl adjacent to an activating group) is 1. The number of hydrogen-bond donors (Lipinski definition) is 1. The Bertz CT molecular complexity index is 1040. The summed E-state index contributed by atoms with van der Waals surface area (Å²) in [5.41, 5.74) is 4.05. The Morgan fingerprint density at radius 1 is 0.906 bits per heavy atom. The van der Waals surface area contributed by atoms with Gasteiger partial charge in [-0.25, -0.2) is 0 Å². The SMILES string of the molecule is CNC(=O)[C@@H](Cc1ccccc1)N(Cc1ccccc1)C(=O)COc1ccc(C)cc1C. The molecule has 5 heteroatoms. The van der Waals surface area contributed by atoms with Gasteiger partial charge in [-0.1, -0.05) is 78.4 Å². The van der Waals surface area contributed by atoms with Crippen LogP contribution in [0.4, 0.5) is 0 Å². The van der Waals surface area contributed by atoms with E-state index in [0.29, 0.717) is 18.7 Å². The van der Waals surface area contributed by atoms with Crippen LogP contribution in [0, 0.1) is 13.8 Å². The van der Waals surface area contributed by atoms with E-state index in [-0.39, 0.29) is 18.4 Å². The molecule has 1 N–H and O–H groups in total. The Labute approximate surface area is 190 Å². The molecule has 0 aliphatic carbocycles. The first-order valence-electron chi connectivity index (χ1n) is 10.8. The Balaban J connectivity index is 1.86. The maximum Gasteiger partial charge on any atom is 0.261 e. The number of ether oxygens (including phenoxy) is 1. The molecule has 3 aromatic carbocycles. The second-order valence-corrected chi connectivity index (χ2v) is 7.88. The summed E-state index contributed by atoms with van der Waals surface area (Å²) in [5, 5.41) is 2.72. The molecule has 1 atom stereocenters. The summed E-state index contributed by atoms with van der Waals surface area (Å²) >= 11 is 0. The van der Waals surface area contributed by atoms with Crippen LogP contribution in [0.5, 0.6) is 5.75 Å². The quantitative estimate of drug-likeness (QED) is 0.557. The Hall–Kier alpha value is -3.60. The van der Waals surface area contributed by atoms with Crippen molar-refractivity contribution in [2.75, 3.05) is 13.7 Å². The molecule has 0 unspecified atom stereocenters. The molecule has 5 nitrogen and oxygen atoms in total. The summed E-state index contributed by atoms with van der Waals surface area (Å²) in [5.74, 6) is 0.228. The number of nitrogens with one attached hydrogen (secondary N) is 1. The molecule has 0 saturated heterocycles. The predicted molar refractivity (Wildman–Crippen MR) is 126 cm³/mol. The molecule has 3 rings (SSSR count). The number of rotatable bonds is 9. The van der Waals surface area contributed by atoms with E-state index in [4.69, 9.17) is 4.74 Å². The van der Waals surface area contributed by atoms with Crippen LogP contribution in [-0.2, 0) is 22.6 Å². The fraction of sp³-hybridized carbons (Fsp3) is 0.259. The third-order valence-corrected chi connectivity index (χ3v) is 5.39. The van der Waals surface area contributed by atoms with Crippen molar-refractivity contribution in [2.24, 2.45) is 0 Å². The topological polar surface area (TPSA) is 58.6 Å². The maximum absolute atomic E-state index is 13.4. The van der Waals surface area contributed by atoms with E-state index in [9.17, 15) is 9.59 Å². The molecular formula is C27H30N2O3. The molecule has 0 aliphatic rings. The van der Waals surface area contributed by atoms with Gasteiger partial charge in [-0.3, -0.25) is 9.59 Å². The van der Waals surface area contributed by atoms with Crippen molar-refractivity contribution in [2.45, 2.75) is 32.9 Å². The van der Waals surface area contributed by atoms with Gasteiger partial charge in [0, 0.05) is 20.0 Å². The standard InChI is InChI=1S/C27H30N2O3/c1-20-14-15-25(21(2)16-20)32-19-26(30)29(18-23-12-8-5-9-13-23)24(27(31)28-3)17-22-10-6-4-7-11-22/h4-16,24H,17-19H2,1-3H3,(H,28,31)/t24-/m1/s1. The lowest BCUT2D eigenvalue weighted by atomic mass is 10.0. The van der Waals surface area contributed by atoms with Crippen molar-refractivity contribution in [1.29, 1.82) is 0 Å². The van der Waals surface area contributed by atoms with Gasteiger partial charge in [-0.2, -0.15) is 0 Å². The highest BCUT2D eigenvalue weighted by atomic mass is 16.5. The minimum Gasteiger partial charge on any atom is -0.483 e. The first-order valence-corrected chi connectivity index (χ1v) is 10.8. The number of carbonyl (C=O) groups is 2. The van der Waals surface area contributed by atoms with Crippen molar-refractivity contribution in [3.63, 3.8) is 0 Å². The smallest absolute Gasteiger partial charge is 0.261 e. The van der Waals surface area contributed by atoms with E-state index < -0.39 is 6.04 Å². The number of carbonyl (C=O) groups excluding carboxylic acids is 2. The number of nitrogens with zero attached hydrogens (tertiary/aromatic N) is 1. The summed E-state index contributed by atoms with van der Waals surface area (Å²) in [4.78, 5) is 27.9. The highest BCUT2D eigenvalue weighted by molar-refractivity contribution is 5.88. The van der Waals surface area contributed by atoms with Crippen molar-refractivity contribution >= 4 is 11.8 Å². The average Bonchev–Trinajstić information content (AvgIpc) is 2.81. The number of hydrogen-bond acceptors (Lipinski definition) is 3. The van der Waals surface area contributed by atoms with Crippen LogP contribution in [0.3, 0.4) is 0 Å². The van der Waals surface area contributed by atoms with Crippen LogP contribution in [0.2, 0.25) is 0 Å². The summed E-state index contributed by atoms with van der Waals surface area (Å²) in [6.45, 7) is 4.15. The van der Waals surface area contributed by atoms with E-state index in [1.165, 1.54) is 0 Å². The summed E-state index contributed by atoms with van der Waals surface area (Å²) in [6, 6.07) is 24.6. The molecule has 0 heterocycles. The van der Waals surface area contributed by atoms with Crippen molar-refractivity contribution < 1.29 is 14.3 Å². The van der Waals surface area contributed by atoms with Gasteiger partial charge >= 0.3 is 0 Å². The van der Waals surface area contributed by atoms with Gasteiger partial charge in [0.25, 0.3) is 5.91 Å². The highest BCUT2D eigenvalue weighted by Gasteiger charge is 2.30. The lowest BCUT2D eigenvalue weighted by molar-refractivity contribution is -0.142. The molecule has 0 saturated carbocycles. The van der Waals surface area contributed by atoms with Crippen LogP contribution in [0.25, 0.3) is 0 Å². The van der Waals surface area contributed by atoms with Gasteiger partial charge < -0.3 is 15.0 Å². The van der Waals surface area contributed by atoms with Crippen molar-refractivity contribution in [3.8, 4) is 5.75 Å². The largest absolute Gasteiger partial charge is 0.483 e. The van der Waals surface area contributed by atoms with Gasteiger partial charge in [0.05, 0.1) is 0 Å². The van der Waals surface area contributed by atoms with Gasteiger partial charge in [-0.05, 0) is 36.6 Å². The summed E-state index contributed by atoms with van der Waals surface area (Å²) < 4.78 is 5.86. The van der Waals surface area contributed by atoms with Crippen LogP contribution < -0.4 is 10.1 Å². The molecule has 166 valence electrons. The van der Waals surface area contributed by atoms with Gasteiger partial charge in [0.1, 0.15) is 11.8 Å². The number of amides is 2. The second-order valence-electron chi connectivity index (χ2n) is 7.88. The van der Waals surface area contributed by atoms with Crippen LogP contribution in [-0.4, -0.2) is 36.4 Å². The van der Waals surface area contributed by atoms with E-state index in [2.05, 4.69) is 5.32 Å². The Kier molecular flexibility index (Phi) is 8.03. The second kappa shape index (κ2) is 11.1. The van der Waals surface area contributed by atoms with Crippen molar-refractivity contribution in [1.82, 2.24) is 10.2 Å². The lowest BCUT2D eigenvalue weighted by Gasteiger charge is -2.31. The molecule has 32 heavy (non-hydrogen) atoms. The van der Waals surface area contributed by atoms with E-state index >= 15 is 0 Å². The Morgan fingerprint density at radius 3 is 2.12 bits per heavy atom. The molecule has 0 radical (unpaired) electrons. The van der Waals surface area contributed by atoms with Crippen LogP contribution in [0.15, 0.2) is 78.9 Å². The zero-order valence-electron chi connectivity index (χ0n) is 18.9. The molecule has 0 aromatic heterocycles. The maximum atomic E-state index is 13.4. The fourth-order valence-electron chi connectivity index (χ4n) is 3.68.